The first-order valence-electron chi connectivity index (χ1n) is 5.84. The van der Waals surface area contributed by atoms with Gasteiger partial charge in [-0.05, 0) is 6.42 Å². The fourth-order valence-corrected chi connectivity index (χ4v) is 1.48. The Morgan fingerprint density at radius 1 is 1.26 bits per heavy atom. The van der Waals surface area contributed by atoms with Crippen molar-refractivity contribution in [2.45, 2.75) is 13.3 Å². The molecule has 7 nitrogen and oxygen atoms in total. The molecule has 104 valence electrons. The predicted octanol–water partition coefficient (Wildman–Crippen LogP) is 0.653. The lowest BCUT2D eigenvalue weighted by atomic mass is 10.3. The monoisotopic (exact) mass is 267 g/mol. The zero-order valence-corrected chi connectivity index (χ0v) is 11.3. The van der Waals surface area contributed by atoms with Gasteiger partial charge in [0.1, 0.15) is 12.4 Å². The molecule has 0 saturated heterocycles. The van der Waals surface area contributed by atoms with E-state index in [1.165, 1.54) is 26.6 Å². The third kappa shape index (κ3) is 4.20. The van der Waals surface area contributed by atoms with Crippen LogP contribution < -0.4 is 4.90 Å². The minimum atomic E-state index is -0.566. The van der Waals surface area contributed by atoms with Crippen LogP contribution in [0.1, 0.15) is 23.8 Å². The van der Waals surface area contributed by atoms with Crippen LogP contribution >= 0.6 is 0 Å². The molecule has 0 aromatic carbocycles. The second kappa shape index (κ2) is 7.30. The second-order valence-corrected chi connectivity index (χ2v) is 3.75. The Morgan fingerprint density at radius 2 is 2.00 bits per heavy atom. The Hall–Kier alpha value is -2.18. The molecule has 0 aliphatic rings. The smallest absolute Gasteiger partial charge is 0.358 e. The van der Waals surface area contributed by atoms with Gasteiger partial charge in [-0.3, -0.25) is 9.78 Å². The lowest BCUT2D eigenvalue weighted by Gasteiger charge is -2.21. The summed E-state index contributed by atoms with van der Waals surface area (Å²) in [6, 6.07) is 0. The fraction of sp³-hybridized carbons (Fsp3) is 0.500. The maximum absolute atomic E-state index is 11.4. The standard InChI is InChI=1S/C12H17N3O4/c1-4-5-15(8-11(16)18-2)10-7-13-6-9(14-10)12(17)19-3/h6-7H,4-5,8H2,1-3H3. The van der Waals surface area contributed by atoms with Crippen molar-refractivity contribution in [2.24, 2.45) is 0 Å². The molecule has 1 heterocycles. The summed E-state index contributed by atoms with van der Waals surface area (Å²) in [5, 5.41) is 0. The largest absolute Gasteiger partial charge is 0.468 e. The van der Waals surface area contributed by atoms with Crippen LogP contribution in [-0.2, 0) is 14.3 Å². The van der Waals surface area contributed by atoms with E-state index in [1.54, 1.807) is 4.90 Å². The summed E-state index contributed by atoms with van der Waals surface area (Å²) in [7, 11) is 2.60. The average Bonchev–Trinajstić information content (AvgIpc) is 2.45. The molecule has 0 saturated carbocycles. The van der Waals surface area contributed by atoms with Gasteiger partial charge in [0.25, 0.3) is 0 Å². The van der Waals surface area contributed by atoms with Gasteiger partial charge in [-0.1, -0.05) is 6.92 Å². The van der Waals surface area contributed by atoms with Crippen molar-refractivity contribution in [1.82, 2.24) is 9.97 Å². The van der Waals surface area contributed by atoms with Gasteiger partial charge in [0.2, 0.25) is 0 Å². The Balaban J connectivity index is 2.95. The van der Waals surface area contributed by atoms with E-state index in [1.807, 2.05) is 6.92 Å². The van der Waals surface area contributed by atoms with Gasteiger partial charge in [-0.15, -0.1) is 0 Å². The highest BCUT2D eigenvalue weighted by molar-refractivity contribution is 5.87. The molecule has 1 aromatic heterocycles. The molecule has 19 heavy (non-hydrogen) atoms. The van der Waals surface area contributed by atoms with Crippen molar-refractivity contribution in [2.75, 3.05) is 32.2 Å². The van der Waals surface area contributed by atoms with Crippen molar-refractivity contribution in [1.29, 1.82) is 0 Å². The molecule has 7 heteroatoms. The summed E-state index contributed by atoms with van der Waals surface area (Å²) in [5.74, 6) is -0.502. The van der Waals surface area contributed by atoms with Crippen LogP contribution in [0.4, 0.5) is 5.82 Å². The molecule has 1 rings (SSSR count). The molecule has 0 N–H and O–H groups in total. The Morgan fingerprint density at radius 3 is 2.58 bits per heavy atom. The van der Waals surface area contributed by atoms with Crippen LogP contribution in [0.2, 0.25) is 0 Å². The third-order valence-electron chi connectivity index (χ3n) is 2.38. The van der Waals surface area contributed by atoms with Gasteiger partial charge in [-0.25, -0.2) is 9.78 Å². The SMILES string of the molecule is CCCN(CC(=O)OC)c1cncc(C(=O)OC)n1. The average molecular weight is 267 g/mol. The number of hydrogen-bond donors (Lipinski definition) is 0. The van der Waals surface area contributed by atoms with Crippen molar-refractivity contribution in [3.8, 4) is 0 Å². The minimum Gasteiger partial charge on any atom is -0.468 e. The third-order valence-corrected chi connectivity index (χ3v) is 2.38. The highest BCUT2D eigenvalue weighted by atomic mass is 16.5. The van der Waals surface area contributed by atoms with Crippen LogP contribution in [0.5, 0.6) is 0 Å². The number of ether oxygens (including phenoxy) is 2. The molecule has 0 aliphatic heterocycles. The molecule has 0 bridgehead atoms. The van der Waals surface area contributed by atoms with Gasteiger partial charge in [0.15, 0.2) is 5.69 Å². The van der Waals surface area contributed by atoms with Crippen LogP contribution in [0.15, 0.2) is 12.4 Å². The Bertz CT molecular complexity index is 450. The maximum atomic E-state index is 11.4. The Labute approximate surface area is 111 Å². The molecular weight excluding hydrogens is 250 g/mol. The molecule has 0 unspecified atom stereocenters. The van der Waals surface area contributed by atoms with E-state index in [0.29, 0.717) is 12.4 Å². The van der Waals surface area contributed by atoms with Crippen molar-refractivity contribution in [3.63, 3.8) is 0 Å². The molecule has 0 fully saturated rings. The Kier molecular flexibility index (Phi) is 5.72. The van der Waals surface area contributed by atoms with Crippen LogP contribution in [-0.4, -0.2) is 49.2 Å². The number of carbonyl (C=O) groups is 2. The number of carbonyl (C=O) groups excluding carboxylic acids is 2. The van der Waals surface area contributed by atoms with Gasteiger partial charge < -0.3 is 14.4 Å². The van der Waals surface area contributed by atoms with E-state index < -0.39 is 5.97 Å². The first-order valence-corrected chi connectivity index (χ1v) is 5.84. The number of esters is 2. The van der Waals surface area contributed by atoms with Gasteiger partial charge in [0.05, 0.1) is 26.6 Å². The highest BCUT2D eigenvalue weighted by Gasteiger charge is 2.15. The van der Waals surface area contributed by atoms with Crippen LogP contribution in [0.25, 0.3) is 0 Å². The zero-order chi connectivity index (χ0) is 14.3. The molecule has 1 aromatic rings. The predicted molar refractivity (Wildman–Crippen MR) is 67.9 cm³/mol. The number of aromatic nitrogens is 2. The van der Waals surface area contributed by atoms with Crippen molar-refractivity contribution >= 4 is 17.8 Å². The van der Waals surface area contributed by atoms with E-state index in [4.69, 9.17) is 0 Å². The summed E-state index contributed by atoms with van der Waals surface area (Å²) in [6.07, 6.45) is 3.63. The van der Waals surface area contributed by atoms with Crippen molar-refractivity contribution in [3.05, 3.63) is 18.1 Å². The number of hydrogen-bond acceptors (Lipinski definition) is 7. The number of methoxy groups -OCH3 is 2. The molecule has 0 aliphatic carbocycles. The van der Waals surface area contributed by atoms with E-state index >= 15 is 0 Å². The lowest BCUT2D eigenvalue weighted by Crippen LogP contribution is -2.32. The number of anilines is 1. The van der Waals surface area contributed by atoms with E-state index in [-0.39, 0.29) is 18.2 Å². The number of rotatable bonds is 6. The highest BCUT2D eigenvalue weighted by Crippen LogP contribution is 2.11. The van der Waals surface area contributed by atoms with Crippen molar-refractivity contribution < 1.29 is 19.1 Å². The molecular formula is C12H17N3O4. The van der Waals surface area contributed by atoms with Gasteiger partial charge in [-0.2, -0.15) is 0 Å². The second-order valence-electron chi connectivity index (χ2n) is 3.75. The first kappa shape index (κ1) is 14.9. The summed E-state index contributed by atoms with van der Waals surface area (Å²) < 4.78 is 9.21. The molecule has 0 amide bonds. The normalized spacial score (nSPS) is 9.84. The van der Waals surface area contributed by atoms with Crippen LogP contribution in [0.3, 0.4) is 0 Å². The topological polar surface area (TPSA) is 81.6 Å². The van der Waals surface area contributed by atoms with Crippen LogP contribution in [0, 0.1) is 0 Å². The van der Waals surface area contributed by atoms with Gasteiger partial charge in [0, 0.05) is 6.54 Å². The summed E-state index contributed by atoms with van der Waals surface area (Å²) >= 11 is 0. The van der Waals surface area contributed by atoms with E-state index in [0.717, 1.165) is 6.42 Å². The van der Waals surface area contributed by atoms with E-state index in [9.17, 15) is 9.59 Å². The van der Waals surface area contributed by atoms with E-state index in [2.05, 4.69) is 19.4 Å². The quantitative estimate of drug-likeness (QED) is 0.700. The lowest BCUT2D eigenvalue weighted by molar-refractivity contribution is -0.138. The maximum Gasteiger partial charge on any atom is 0.358 e. The summed E-state index contributed by atoms with van der Waals surface area (Å²) in [6.45, 7) is 2.64. The first-order chi connectivity index (χ1) is 9.12. The molecule has 0 spiro atoms. The molecule has 0 radical (unpaired) electrons. The zero-order valence-electron chi connectivity index (χ0n) is 11.3. The molecule has 0 atom stereocenters. The summed E-state index contributed by atoms with van der Waals surface area (Å²) in [5.41, 5.74) is 0.103. The fourth-order valence-electron chi connectivity index (χ4n) is 1.48. The minimum absolute atomic E-state index is 0.0592. The number of nitrogens with zero attached hydrogens (tertiary/aromatic N) is 3. The van der Waals surface area contributed by atoms with Gasteiger partial charge >= 0.3 is 11.9 Å². The summed E-state index contributed by atoms with van der Waals surface area (Å²) in [4.78, 5) is 32.5.